The average Bonchev–Trinajstić information content (AvgIpc) is 2.77. The summed E-state index contributed by atoms with van der Waals surface area (Å²) in [5.41, 5.74) is 1.48. The lowest BCUT2D eigenvalue weighted by molar-refractivity contribution is 0.101. The Kier molecular flexibility index (Phi) is 4.78. The van der Waals surface area contributed by atoms with Crippen molar-refractivity contribution in [3.63, 3.8) is 0 Å². The number of rotatable bonds is 5. The summed E-state index contributed by atoms with van der Waals surface area (Å²) in [4.78, 5) is 16.0. The number of hydrogen-bond donors (Lipinski definition) is 1. The predicted octanol–water partition coefficient (Wildman–Crippen LogP) is 1.98. The summed E-state index contributed by atoms with van der Waals surface area (Å²) in [5.74, 6) is 1.000. The maximum absolute atomic E-state index is 11.4. The zero-order valence-corrected chi connectivity index (χ0v) is 12.6. The number of Topliss-reactive ketones (excluding diaryl/α,β-unsaturated/α-hetero) is 1. The van der Waals surface area contributed by atoms with Gasteiger partial charge in [-0.15, -0.1) is 0 Å². The number of likely N-dealkylation sites (tertiary alicyclic amines) is 1. The van der Waals surface area contributed by atoms with Gasteiger partial charge in [-0.05, 0) is 58.1 Å². The Balaban J connectivity index is 1.98. The first kappa shape index (κ1) is 15.0. The summed E-state index contributed by atoms with van der Waals surface area (Å²) in [5, 5.41) is 9.92. The molecule has 1 saturated heterocycles. The highest BCUT2D eigenvalue weighted by Crippen LogP contribution is 2.22. The van der Waals surface area contributed by atoms with Crippen LogP contribution >= 0.6 is 0 Å². The van der Waals surface area contributed by atoms with Crippen LogP contribution in [0.15, 0.2) is 18.2 Å². The number of hydrogen-bond acceptors (Lipinski definition) is 4. The quantitative estimate of drug-likeness (QED) is 0.835. The molecule has 0 aromatic heterocycles. The van der Waals surface area contributed by atoms with Gasteiger partial charge in [0.25, 0.3) is 0 Å². The topological polar surface area (TPSA) is 43.8 Å². The van der Waals surface area contributed by atoms with Gasteiger partial charge < -0.3 is 14.9 Å². The van der Waals surface area contributed by atoms with Gasteiger partial charge in [0.2, 0.25) is 0 Å². The minimum absolute atomic E-state index is 0.0336. The second kappa shape index (κ2) is 6.37. The third-order valence-corrected chi connectivity index (χ3v) is 3.99. The molecule has 1 aliphatic rings. The van der Waals surface area contributed by atoms with Crippen molar-refractivity contribution in [2.24, 2.45) is 5.92 Å². The standard InChI is InChI=1S/C16H24N2O2/c1-12(19)14-4-5-16(20)15(8-14)11-18(3)10-13-6-7-17(2)9-13/h4-5,8,13,20H,6-7,9-11H2,1-3H3. The molecular weight excluding hydrogens is 252 g/mol. The molecule has 1 fully saturated rings. The third kappa shape index (κ3) is 3.81. The van der Waals surface area contributed by atoms with Crippen molar-refractivity contribution in [2.45, 2.75) is 19.9 Å². The second-order valence-electron chi connectivity index (χ2n) is 6.01. The number of ketones is 1. The SMILES string of the molecule is CC(=O)c1ccc(O)c(CN(C)CC2CCN(C)C2)c1. The Morgan fingerprint density at radius 3 is 2.85 bits per heavy atom. The van der Waals surface area contributed by atoms with E-state index in [0.717, 1.165) is 18.7 Å². The number of aromatic hydroxyl groups is 1. The lowest BCUT2D eigenvalue weighted by atomic mass is 10.1. The molecule has 4 heteroatoms. The zero-order chi connectivity index (χ0) is 14.7. The van der Waals surface area contributed by atoms with E-state index in [0.29, 0.717) is 18.0 Å². The van der Waals surface area contributed by atoms with Crippen molar-refractivity contribution in [1.29, 1.82) is 0 Å². The molecule has 20 heavy (non-hydrogen) atoms. The van der Waals surface area contributed by atoms with Crippen LogP contribution in [0.4, 0.5) is 0 Å². The van der Waals surface area contributed by atoms with Crippen LogP contribution in [0.2, 0.25) is 0 Å². The summed E-state index contributed by atoms with van der Waals surface area (Å²) >= 11 is 0. The first-order chi connectivity index (χ1) is 9.45. The van der Waals surface area contributed by atoms with Gasteiger partial charge in [-0.2, -0.15) is 0 Å². The molecule has 4 nitrogen and oxygen atoms in total. The number of carbonyl (C=O) groups excluding carboxylic acids is 1. The van der Waals surface area contributed by atoms with Crippen LogP contribution in [-0.4, -0.2) is 54.4 Å². The largest absolute Gasteiger partial charge is 0.508 e. The molecule has 1 unspecified atom stereocenters. The van der Waals surface area contributed by atoms with Gasteiger partial charge in [0.05, 0.1) is 0 Å². The lowest BCUT2D eigenvalue weighted by Crippen LogP contribution is -2.27. The molecule has 1 N–H and O–H groups in total. The highest BCUT2D eigenvalue weighted by molar-refractivity contribution is 5.94. The summed E-state index contributed by atoms with van der Waals surface area (Å²) in [6, 6.07) is 5.09. The maximum atomic E-state index is 11.4. The molecule has 1 aromatic rings. The molecule has 0 amide bonds. The zero-order valence-electron chi connectivity index (χ0n) is 12.6. The summed E-state index contributed by atoms with van der Waals surface area (Å²) < 4.78 is 0. The van der Waals surface area contributed by atoms with Gasteiger partial charge in [0.1, 0.15) is 5.75 Å². The van der Waals surface area contributed by atoms with Gasteiger partial charge in [-0.25, -0.2) is 0 Å². The third-order valence-electron chi connectivity index (χ3n) is 3.99. The van der Waals surface area contributed by atoms with Gasteiger partial charge in [-0.1, -0.05) is 0 Å². The first-order valence-electron chi connectivity index (χ1n) is 7.15. The molecule has 1 atom stereocenters. The van der Waals surface area contributed by atoms with Gasteiger partial charge in [-0.3, -0.25) is 4.79 Å². The van der Waals surface area contributed by atoms with Gasteiger partial charge >= 0.3 is 0 Å². The number of phenols is 1. The van der Waals surface area contributed by atoms with Gasteiger partial charge in [0, 0.05) is 30.8 Å². The van der Waals surface area contributed by atoms with E-state index in [1.165, 1.54) is 13.0 Å². The maximum Gasteiger partial charge on any atom is 0.159 e. The monoisotopic (exact) mass is 276 g/mol. The van der Waals surface area contributed by atoms with Crippen LogP contribution < -0.4 is 0 Å². The average molecular weight is 276 g/mol. The molecule has 1 aliphatic heterocycles. The normalized spacial score (nSPS) is 19.7. The van der Waals surface area contributed by atoms with Crippen LogP contribution in [0, 0.1) is 5.92 Å². The van der Waals surface area contributed by atoms with Crippen molar-refractivity contribution in [3.8, 4) is 5.75 Å². The smallest absolute Gasteiger partial charge is 0.159 e. The van der Waals surface area contributed by atoms with Crippen LogP contribution in [0.25, 0.3) is 0 Å². The second-order valence-corrected chi connectivity index (χ2v) is 6.01. The number of benzene rings is 1. The minimum Gasteiger partial charge on any atom is -0.508 e. The Morgan fingerprint density at radius 1 is 1.50 bits per heavy atom. The number of phenolic OH excluding ortho intramolecular Hbond substituents is 1. The predicted molar refractivity (Wildman–Crippen MR) is 80.0 cm³/mol. The summed E-state index contributed by atoms with van der Waals surface area (Å²) in [6.07, 6.45) is 1.24. The Labute approximate surface area is 121 Å². The number of carbonyl (C=O) groups is 1. The van der Waals surface area contributed by atoms with Crippen LogP contribution in [0.1, 0.15) is 29.3 Å². The summed E-state index contributed by atoms with van der Waals surface area (Å²) in [6.45, 7) is 5.56. The molecule has 110 valence electrons. The molecule has 0 bridgehead atoms. The van der Waals surface area contributed by atoms with E-state index in [4.69, 9.17) is 0 Å². The molecule has 0 radical (unpaired) electrons. The van der Waals surface area contributed by atoms with Crippen molar-refractivity contribution in [1.82, 2.24) is 9.80 Å². The Bertz CT molecular complexity index is 487. The van der Waals surface area contributed by atoms with E-state index in [2.05, 4.69) is 23.9 Å². The van der Waals surface area contributed by atoms with E-state index in [1.807, 2.05) is 0 Å². The Hall–Kier alpha value is -1.39. The van der Waals surface area contributed by atoms with E-state index >= 15 is 0 Å². The minimum atomic E-state index is 0.0336. The molecule has 0 spiro atoms. The molecule has 0 saturated carbocycles. The lowest BCUT2D eigenvalue weighted by Gasteiger charge is -2.21. The highest BCUT2D eigenvalue weighted by atomic mass is 16.3. The Morgan fingerprint density at radius 2 is 2.25 bits per heavy atom. The summed E-state index contributed by atoms with van der Waals surface area (Å²) in [7, 11) is 4.22. The van der Waals surface area contributed by atoms with Crippen LogP contribution in [0.5, 0.6) is 5.75 Å². The van der Waals surface area contributed by atoms with Crippen molar-refractivity contribution in [2.75, 3.05) is 33.7 Å². The van der Waals surface area contributed by atoms with Crippen molar-refractivity contribution < 1.29 is 9.90 Å². The van der Waals surface area contributed by atoms with E-state index in [9.17, 15) is 9.90 Å². The highest BCUT2D eigenvalue weighted by Gasteiger charge is 2.21. The number of nitrogens with zero attached hydrogens (tertiary/aromatic N) is 2. The fourth-order valence-electron chi connectivity index (χ4n) is 2.90. The van der Waals surface area contributed by atoms with Crippen molar-refractivity contribution in [3.05, 3.63) is 29.3 Å². The van der Waals surface area contributed by atoms with E-state index < -0.39 is 0 Å². The van der Waals surface area contributed by atoms with E-state index in [1.54, 1.807) is 25.1 Å². The molecular formula is C16H24N2O2. The fourth-order valence-corrected chi connectivity index (χ4v) is 2.90. The molecule has 1 aromatic carbocycles. The molecule has 2 rings (SSSR count). The molecule has 0 aliphatic carbocycles. The van der Waals surface area contributed by atoms with Crippen LogP contribution in [-0.2, 0) is 6.54 Å². The van der Waals surface area contributed by atoms with Crippen molar-refractivity contribution >= 4 is 5.78 Å². The van der Waals surface area contributed by atoms with Crippen LogP contribution in [0.3, 0.4) is 0 Å². The fraction of sp³-hybridized carbons (Fsp3) is 0.562. The molecule has 1 heterocycles. The van der Waals surface area contributed by atoms with Gasteiger partial charge in [0.15, 0.2) is 5.78 Å². The van der Waals surface area contributed by atoms with E-state index in [-0.39, 0.29) is 11.5 Å². The first-order valence-corrected chi connectivity index (χ1v) is 7.15.